The molecule has 0 amide bonds. The molecule has 1 heterocycles. The summed E-state index contributed by atoms with van der Waals surface area (Å²) in [5, 5.41) is 3.44. The Morgan fingerprint density at radius 2 is 1.83 bits per heavy atom. The predicted octanol–water partition coefficient (Wildman–Crippen LogP) is 3.31. The third-order valence-electron chi connectivity index (χ3n) is 4.42. The maximum absolute atomic E-state index is 5.75. The molecule has 1 aromatic carbocycles. The molecular weight excluding hydrogens is 298 g/mol. The Kier molecular flexibility index (Phi) is 7.57. The number of rotatable bonds is 6. The Morgan fingerprint density at radius 3 is 2.42 bits per heavy atom. The molecule has 0 saturated carbocycles. The third-order valence-corrected chi connectivity index (χ3v) is 4.42. The van der Waals surface area contributed by atoms with Crippen molar-refractivity contribution in [3.63, 3.8) is 0 Å². The fourth-order valence-corrected chi connectivity index (χ4v) is 3.40. The second kappa shape index (κ2) is 9.67. The highest BCUT2D eigenvalue weighted by molar-refractivity contribution is 5.80. The van der Waals surface area contributed by atoms with Crippen LogP contribution in [0.4, 0.5) is 0 Å². The molecule has 2 rings (SSSR count). The van der Waals surface area contributed by atoms with Crippen LogP contribution in [0.2, 0.25) is 0 Å². The standard InChI is InChI=1S/C20H33N3O/c1-5-21-20(23-11-8-19(9-12-23)24-6-2)22-10-7-18-14-16(3)13-17(4)15-18/h13-15,19H,5-12H2,1-4H3,(H,21,22). The van der Waals surface area contributed by atoms with Crippen molar-refractivity contribution in [1.82, 2.24) is 10.2 Å². The maximum atomic E-state index is 5.75. The van der Waals surface area contributed by atoms with E-state index in [-0.39, 0.29) is 0 Å². The van der Waals surface area contributed by atoms with Gasteiger partial charge in [-0.2, -0.15) is 0 Å². The smallest absolute Gasteiger partial charge is 0.193 e. The van der Waals surface area contributed by atoms with E-state index in [0.29, 0.717) is 6.10 Å². The van der Waals surface area contributed by atoms with E-state index in [2.05, 4.69) is 56.1 Å². The van der Waals surface area contributed by atoms with Gasteiger partial charge in [-0.25, -0.2) is 0 Å². The summed E-state index contributed by atoms with van der Waals surface area (Å²) in [5.74, 6) is 1.05. The van der Waals surface area contributed by atoms with Gasteiger partial charge in [-0.15, -0.1) is 0 Å². The zero-order valence-corrected chi connectivity index (χ0v) is 15.8. The molecule has 0 unspecified atom stereocenters. The largest absolute Gasteiger partial charge is 0.378 e. The van der Waals surface area contributed by atoms with Crippen LogP contribution in [-0.2, 0) is 11.2 Å². The summed E-state index contributed by atoms with van der Waals surface area (Å²) in [6.45, 7) is 13.1. The minimum atomic E-state index is 0.421. The van der Waals surface area contributed by atoms with Crippen molar-refractivity contribution in [3.8, 4) is 0 Å². The molecule has 0 spiro atoms. The normalized spacial score (nSPS) is 16.5. The molecule has 1 aromatic rings. The van der Waals surface area contributed by atoms with E-state index in [0.717, 1.165) is 58.0 Å². The van der Waals surface area contributed by atoms with Crippen molar-refractivity contribution in [2.45, 2.75) is 53.1 Å². The van der Waals surface area contributed by atoms with Gasteiger partial charge in [-0.1, -0.05) is 29.3 Å². The lowest BCUT2D eigenvalue weighted by Crippen LogP contribution is -2.47. The van der Waals surface area contributed by atoms with Gasteiger partial charge >= 0.3 is 0 Å². The average Bonchev–Trinajstić information content (AvgIpc) is 2.54. The van der Waals surface area contributed by atoms with Gasteiger partial charge in [0.1, 0.15) is 0 Å². The van der Waals surface area contributed by atoms with Crippen molar-refractivity contribution in [3.05, 3.63) is 34.9 Å². The van der Waals surface area contributed by atoms with Gasteiger partial charge in [-0.3, -0.25) is 4.99 Å². The summed E-state index contributed by atoms with van der Waals surface area (Å²) in [7, 11) is 0. The summed E-state index contributed by atoms with van der Waals surface area (Å²) in [4.78, 5) is 7.23. The monoisotopic (exact) mass is 331 g/mol. The highest BCUT2D eigenvalue weighted by Crippen LogP contribution is 2.14. The van der Waals surface area contributed by atoms with Crippen LogP contribution in [0.5, 0.6) is 0 Å². The Bertz CT molecular complexity index is 513. The quantitative estimate of drug-likeness (QED) is 0.642. The van der Waals surface area contributed by atoms with Gasteiger partial charge in [-0.05, 0) is 52.5 Å². The van der Waals surface area contributed by atoms with Gasteiger partial charge < -0.3 is 15.0 Å². The molecule has 4 heteroatoms. The number of aryl methyl sites for hydroxylation is 2. The van der Waals surface area contributed by atoms with E-state index in [1.807, 2.05) is 0 Å². The molecule has 24 heavy (non-hydrogen) atoms. The average molecular weight is 332 g/mol. The van der Waals surface area contributed by atoms with Crippen LogP contribution in [0.3, 0.4) is 0 Å². The molecule has 1 N–H and O–H groups in total. The van der Waals surface area contributed by atoms with Crippen LogP contribution in [0, 0.1) is 13.8 Å². The number of ether oxygens (including phenoxy) is 1. The fourth-order valence-electron chi connectivity index (χ4n) is 3.40. The second-order valence-corrected chi connectivity index (χ2v) is 6.62. The highest BCUT2D eigenvalue weighted by atomic mass is 16.5. The Balaban J connectivity index is 1.91. The first-order valence-electron chi connectivity index (χ1n) is 9.34. The summed E-state index contributed by atoms with van der Waals surface area (Å²) in [6.07, 6.45) is 3.60. The minimum absolute atomic E-state index is 0.421. The molecule has 134 valence electrons. The molecular formula is C20H33N3O. The van der Waals surface area contributed by atoms with Crippen LogP contribution in [-0.4, -0.2) is 49.7 Å². The first-order chi connectivity index (χ1) is 11.6. The van der Waals surface area contributed by atoms with Crippen molar-refractivity contribution < 1.29 is 4.74 Å². The number of aliphatic imine (C=N–C) groups is 1. The molecule has 1 aliphatic heterocycles. The number of nitrogens with zero attached hydrogens (tertiary/aromatic N) is 2. The van der Waals surface area contributed by atoms with Crippen molar-refractivity contribution >= 4 is 5.96 Å². The fraction of sp³-hybridized carbons (Fsp3) is 0.650. The molecule has 1 aliphatic rings. The van der Waals surface area contributed by atoms with Crippen molar-refractivity contribution in [2.75, 3.05) is 32.8 Å². The molecule has 0 bridgehead atoms. The van der Waals surface area contributed by atoms with Crippen LogP contribution in [0.15, 0.2) is 23.2 Å². The zero-order valence-electron chi connectivity index (χ0n) is 15.8. The van der Waals surface area contributed by atoms with E-state index < -0.39 is 0 Å². The number of nitrogens with one attached hydrogen (secondary N) is 1. The van der Waals surface area contributed by atoms with Crippen LogP contribution < -0.4 is 5.32 Å². The van der Waals surface area contributed by atoms with Crippen LogP contribution >= 0.6 is 0 Å². The lowest BCUT2D eigenvalue weighted by atomic mass is 10.1. The van der Waals surface area contributed by atoms with Gasteiger partial charge in [0.25, 0.3) is 0 Å². The number of hydrogen-bond donors (Lipinski definition) is 1. The Labute approximate surface area is 147 Å². The van der Waals surface area contributed by atoms with E-state index in [1.54, 1.807) is 0 Å². The van der Waals surface area contributed by atoms with Crippen LogP contribution in [0.1, 0.15) is 43.4 Å². The Morgan fingerprint density at radius 1 is 1.17 bits per heavy atom. The topological polar surface area (TPSA) is 36.9 Å². The predicted molar refractivity (Wildman–Crippen MR) is 102 cm³/mol. The minimum Gasteiger partial charge on any atom is -0.378 e. The van der Waals surface area contributed by atoms with Gasteiger partial charge in [0, 0.05) is 32.8 Å². The van der Waals surface area contributed by atoms with Gasteiger partial charge in [0.2, 0.25) is 0 Å². The van der Waals surface area contributed by atoms with E-state index >= 15 is 0 Å². The number of guanidine groups is 1. The highest BCUT2D eigenvalue weighted by Gasteiger charge is 2.21. The molecule has 0 aliphatic carbocycles. The summed E-state index contributed by atoms with van der Waals surface area (Å²) in [5.41, 5.74) is 4.04. The zero-order chi connectivity index (χ0) is 17.4. The lowest BCUT2D eigenvalue weighted by molar-refractivity contribution is 0.0264. The molecule has 1 fully saturated rings. The Hall–Kier alpha value is -1.55. The third kappa shape index (κ3) is 5.82. The van der Waals surface area contributed by atoms with Gasteiger partial charge in [0.15, 0.2) is 5.96 Å². The molecule has 0 radical (unpaired) electrons. The number of piperidine rings is 1. The summed E-state index contributed by atoms with van der Waals surface area (Å²) in [6, 6.07) is 6.76. The van der Waals surface area contributed by atoms with Crippen molar-refractivity contribution in [1.29, 1.82) is 0 Å². The SMILES string of the molecule is CCNC(=NCCc1cc(C)cc(C)c1)N1CCC(OCC)CC1. The number of hydrogen-bond acceptors (Lipinski definition) is 2. The van der Waals surface area contributed by atoms with E-state index in [4.69, 9.17) is 9.73 Å². The second-order valence-electron chi connectivity index (χ2n) is 6.62. The molecule has 4 nitrogen and oxygen atoms in total. The van der Waals surface area contributed by atoms with Crippen molar-refractivity contribution in [2.24, 2.45) is 4.99 Å². The lowest BCUT2D eigenvalue weighted by Gasteiger charge is -2.34. The first-order valence-corrected chi connectivity index (χ1v) is 9.34. The number of likely N-dealkylation sites (tertiary alicyclic amines) is 1. The molecule has 0 atom stereocenters. The van der Waals surface area contributed by atoms with Crippen LogP contribution in [0.25, 0.3) is 0 Å². The van der Waals surface area contributed by atoms with E-state index in [9.17, 15) is 0 Å². The molecule has 1 saturated heterocycles. The number of benzene rings is 1. The molecule has 0 aromatic heterocycles. The van der Waals surface area contributed by atoms with Gasteiger partial charge in [0.05, 0.1) is 6.10 Å². The first kappa shape index (κ1) is 18.8. The van der Waals surface area contributed by atoms with E-state index in [1.165, 1.54) is 16.7 Å². The summed E-state index contributed by atoms with van der Waals surface area (Å²) >= 11 is 0. The maximum Gasteiger partial charge on any atom is 0.193 e. The summed E-state index contributed by atoms with van der Waals surface area (Å²) < 4.78 is 5.75.